The minimum atomic E-state index is -0.0904. The van der Waals surface area contributed by atoms with E-state index in [4.69, 9.17) is 4.74 Å². The molecule has 1 nitrogen and oxygen atoms in total. The summed E-state index contributed by atoms with van der Waals surface area (Å²) < 4.78 is 18.1. The third-order valence-corrected chi connectivity index (χ3v) is 2.95. The van der Waals surface area contributed by atoms with Crippen molar-refractivity contribution in [1.82, 2.24) is 0 Å². The SMILES string of the molecule is C[C@H]1OCCc2sc(F)cc21. The molecule has 11 heavy (non-hydrogen) atoms. The van der Waals surface area contributed by atoms with Crippen molar-refractivity contribution in [2.75, 3.05) is 6.61 Å². The lowest BCUT2D eigenvalue weighted by Gasteiger charge is -2.18. The molecule has 0 spiro atoms. The van der Waals surface area contributed by atoms with Gasteiger partial charge in [-0.15, -0.1) is 11.3 Å². The van der Waals surface area contributed by atoms with E-state index < -0.39 is 0 Å². The van der Waals surface area contributed by atoms with Crippen molar-refractivity contribution in [1.29, 1.82) is 0 Å². The zero-order valence-corrected chi connectivity index (χ0v) is 7.08. The quantitative estimate of drug-likeness (QED) is 0.584. The van der Waals surface area contributed by atoms with Gasteiger partial charge in [0.05, 0.1) is 12.7 Å². The molecule has 0 N–H and O–H groups in total. The van der Waals surface area contributed by atoms with Gasteiger partial charge in [0.15, 0.2) is 5.13 Å². The molecule has 0 unspecified atom stereocenters. The van der Waals surface area contributed by atoms with Crippen LogP contribution < -0.4 is 0 Å². The van der Waals surface area contributed by atoms with Crippen LogP contribution in [-0.2, 0) is 11.2 Å². The number of hydrogen-bond donors (Lipinski definition) is 0. The van der Waals surface area contributed by atoms with Gasteiger partial charge in [0.2, 0.25) is 0 Å². The maximum absolute atomic E-state index is 12.7. The van der Waals surface area contributed by atoms with Gasteiger partial charge >= 0.3 is 0 Å². The van der Waals surface area contributed by atoms with Gasteiger partial charge in [-0.1, -0.05) is 0 Å². The molecule has 0 bridgehead atoms. The van der Waals surface area contributed by atoms with E-state index in [1.54, 1.807) is 6.07 Å². The van der Waals surface area contributed by atoms with Gasteiger partial charge in [-0.2, -0.15) is 4.39 Å². The lowest BCUT2D eigenvalue weighted by atomic mass is 10.1. The van der Waals surface area contributed by atoms with Crippen LogP contribution in [0, 0.1) is 5.13 Å². The Hall–Kier alpha value is -0.410. The van der Waals surface area contributed by atoms with E-state index in [1.165, 1.54) is 11.3 Å². The normalized spacial score (nSPS) is 23.3. The predicted octanol–water partition coefficient (Wildman–Crippen LogP) is 2.52. The molecule has 0 amide bonds. The number of fused-ring (bicyclic) bond motifs is 1. The molecule has 1 aromatic rings. The Morgan fingerprint density at radius 1 is 1.73 bits per heavy atom. The molecule has 3 heteroatoms. The Morgan fingerprint density at radius 2 is 2.55 bits per heavy atom. The summed E-state index contributed by atoms with van der Waals surface area (Å²) in [5.41, 5.74) is 1.04. The van der Waals surface area contributed by atoms with Crippen molar-refractivity contribution < 1.29 is 9.13 Å². The van der Waals surface area contributed by atoms with Gasteiger partial charge in [0.1, 0.15) is 0 Å². The highest BCUT2D eigenvalue weighted by molar-refractivity contribution is 7.10. The van der Waals surface area contributed by atoms with Gasteiger partial charge in [-0.3, -0.25) is 0 Å². The summed E-state index contributed by atoms with van der Waals surface area (Å²) in [4.78, 5) is 1.15. The molecule has 1 aromatic heterocycles. The zero-order valence-electron chi connectivity index (χ0n) is 6.26. The van der Waals surface area contributed by atoms with Crippen LogP contribution >= 0.6 is 11.3 Å². The van der Waals surface area contributed by atoms with Gasteiger partial charge < -0.3 is 4.74 Å². The van der Waals surface area contributed by atoms with Gasteiger partial charge in [0, 0.05) is 11.3 Å². The lowest BCUT2D eigenvalue weighted by molar-refractivity contribution is 0.0568. The van der Waals surface area contributed by atoms with Crippen LogP contribution in [0.3, 0.4) is 0 Å². The van der Waals surface area contributed by atoms with E-state index >= 15 is 0 Å². The minimum absolute atomic E-state index is 0.0829. The topological polar surface area (TPSA) is 9.23 Å². The molecule has 1 aliphatic heterocycles. The Labute approximate surface area is 68.8 Å². The first-order valence-electron chi connectivity index (χ1n) is 3.67. The average Bonchev–Trinajstić information content (AvgIpc) is 2.31. The highest BCUT2D eigenvalue weighted by Gasteiger charge is 2.19. The molecule has 0 saturated carbocycles. The van der Waals surface area contributed by atoms with Crippen molar-refractivity contribution in [2.24, 2.45) is 0 Å². The third-order valence-electron chi connectivity index (χ3n) is 1.95. The van der Waals surface area contributed by atoms with Gasteiger partial charge in [-0.25, -0.2) is 0 Å². The summed E-state index contributed by atoms with van der Waals surface area (Å²) in [5, 5.41) is -0.0904. The van der Waals surface area contributed by atoms with Crippen molar-refractivity contribution in [3.63, 3.8) is 0 Å². The minimum Gasteiger partial charge on any atom is -0.373 e. The molecule has 0 radical (unpaired) electrons. The summed E-state index contributed by atoms with van der Waals surface area (Å²) in [6.45, 7) is 2.69. The fourth-order valence-electron chi connectivity index (χ4n) is 1.37. The Kier molecular flexibility index (Phi) is 1.69. The molecule has 1 aliphatic rings. The summed E-state index contributed by atoms with van der Waals surface area (Å²) >= 11 is 1.25. The van der Waals surface area contributed by atoms with E-state index in [-0.39, 0.29) is 11.2 Å². The first kappa shape index (κ1) is 7.25. The predicted molar refractivity (Wildman–Crippen MR) is 42.3 cm³/mol. The molecular weight excluding hydrogens is 163 g/mol. The molecular formula is C8H9FOS. The summed E-state index contributed by atoms with van der Waals surface area (Å²) in [7, 11) is 0. The number of halogens is 1. The second-order valence-corrected chi connectivity index (χ2v) is 3.78. The van der Waals surface area contributed by atoms with Gasteiger partial charge in [0.25, 0.3) is 0 Å². The highest BCUT2D eigenvalue weighted by atomic mass is 32.1. The number of rotatable bonds is 0. The number of ether oxygens (including phenoxy) is 1. The lowest BCUT2D eigenvalue weighted by Crippen LogP contribution is -2.10. The second-order valence-electron chi connectivity index (χ2n) is 2.69. The molecule has 0 fully saturated rings. The first-order valence-corrected chi connectivity index (χ1v) is 4.49. The molecule has 0 aromatic carbocycles. The Bertz CT molecular complexity index is 269. The molecule has 2 rings (SSSR count). The Balaban J connectivity index is 2.43. The molecule has 2 heterocycles. The number of thiophene rings is 1. The summed E-state index contributed by atoms with van der Waals surface area (Å²) in [6.07, 6.45) is 0.952. The number of hydrogen-bond acceptors (Lipinski definition) is 2. The monoisotopic (exact) mass is 172 g/mol. The third kappa shape index (κ3) is 1.19. The van der Waals surface area contributed by atoms with E-state index in [9.17, 15) is 4.39 Å². The van der Waals surface area contributed by atoms with Gasteiger partial charge in [-0.05, 0) is 18.6 Å². The maximum Gasteiger partial charge on any atom is 0.177 e. The Morgan fingerprint density at radius 3 is 3.27 bits per heavy atom. The first-order chi connectivity index (χ1) is 5.27. The van der Waals surface area contributed by atoms with Crippen LogP contribution in [0.2, 0.25) is 0 Å². The van der Waals surface area contributed by atoms with Crippen molar-refractivity contribution >= 4 is 11.3 Å². The van der Waals surface area contributed by atoms with E-state index in [1.807, 2.05) is 6.92 Å². The van der Waals surface area contributed by atoms with E-state index in [2.05, 4.69) is 0 Å². The second kappa shape index (κ2) is 2.57. The van der Waals surface area contributed by atoms with Crippen molar-refractivity contribution in [3.05, 3.63) is 21.6 Å². The molecule has 0 saturated heterocycles. The van der Waals surface area contributed by atoms with Crippen LogP contribution in [-0.4, -0.2) is 6.61 Å². The molecule has 1 atom stereocenters. The van der Waals surface area contributed by atoms with E-state index in [0.29, 0.717) is 0 Å². The fourth-order valence-corrected chi connectivity index (χ4v) is 2.32. The summed E-state index contributed by atoms with van der Waals surface area (Å²) in [6, 6.07) is 1.59. The summed E-state index contributed by atoms with van der Waals surface area (Å²) in [5.74, 6) is 0. The zero-order chi connectivity index (χ0) is 7.84. The van der Waals surface area contributed by atoms with Crippen LogP contribution in [0.15, 0.2) is 6.07 Å². The molecule has 60 valence electrons. The highest BCUT2D eigenvalue weighted by Crippen LogP contribution is 2.32. The van der Waals surface area contributed by atoms with E-state index in [0.717, 1.165) is 23.5 Å². The standard InChI is InChI=1S/C8H9FOS/c1-5-6-4-8(9)11-7(6)2-3-10-5/h4-5H,2-3H2,1H3/t5-/m1/s1. The fraction of sp³-hybridized carbons (Fsp3) is 0.500. The molecule has 0 aliphatic carbocycles. The van der Waals surface area contributed by atoms with Crippen LogP contribution in [0.25, 0.3) is 0 Å². The van der Waals surface area contributed by atoms with Crippen molar-refractivity contribution in [2.45, 2.75) is 19.4 Å². The average molecular weight is 172 g/mol. The van der Waals surface area contributed by atoms with Crippen LogP contribution in [0.5, 0.6) is 0 Å². The largest absolute Gasteiger partial charge is 0.373 e. The van der Waals surface area contributed by atoms with Crippen LogP contribution in [0.4, 0.5) is 4.39 Å². The smallest absolute Gasteiger partial charge is 0.177 e. The van der Waals surface area contributed by atoms with Crippen LogP contribution in [0.1, 0.15) is 23.5 Å². The van der Waals surface area contributed by atoms with Crippen molar-refractivity contribution in [3.8, 4) is 0 Å². The maximum atomic E-state index is 12.7.